The van der Waals surface area contributed by atoms with Crippen molar-refractivity contribution in [2.24, 2.45) is 5.73 Å². The fraction of sp³-hybridized carbons (Fsp3) is 0.857. The monoisotopic (exact) mass is 145 g/mol. The number of unbranched alkanes of at least 4 members (excludes halogenated alkanes) is 1. The van der Waals surface area contributed by atoms with Gasteiger partial charge in [-0.05, 0) is 26.2 Å². The number of ketones is 1. The van der Waals surface area contributed by atoms with E-state index >= 15 is 0 Å². The summed E-state index contributed by atoms with van der Waals surface area (Å²) in [6.45, 7) is 1.67. The Bertz CT molecular complexity index is 104. The average Bonchev–Trinajstić information content (AvgIpc) is 1.88. The van der Waals surface area contributed by atoms with Crippen LogP contribution in [0.2, 0.25) is 0 Å². The van der Waals surface area contributed by atoms with Crippen molar-refractivity contribution in [2.45, 2.75) is 32.2 Å². The lowest BCUT2D eigenvalue weighted by molar-refractivity contribution is -0.118. The van der Waals surface area contributed by atoms with Crippen LogP contribution in [0.3, 0.4) is 0 Å². The summed E-state index contributed by atoms with van der Waals surface area (Å²) in [5.74, 6) is 0.0259. The number of Topliss-reactive ketones (excluding diaryl/α,β-unsaturated/α-hetero) is 1. The Morgan fingerprint density at radius 3 is 2.60 bits per heavy atom. The van der Waals surface area contributed by atoms with E-state index in [9.17, 15) is 4.79 Å². The molecule has 0 radical (unpaired) electrons. The van der Waals surface area contributed by atoms with Crippen LogP contribution in [0, 0.1) is 0 Å². The molecule has 0 aromatic heterocycles. The largest absolute Gasteiger partial charge is 0.396 e. The van der Waals surface area contributed by atoms with Gasteiger partial charge in [0.25, 0.3) is 0 Å². The second-order valence-electron chi connectivity index (χ2n) is 2.44. The molecule has 3 nitrogen and oxygen atoms in total. The van der Waals surface area contributed by atoms with Crippen molar-refractivity contribution in [1.82, 2.24) is 0 Å². The van der Waals surface area contributed by atoms with Gasteiger partial charge in [-0.25, -0.2) is 0 Å². The van der Waals surface area contributed by atoms with E-state index < -0.39 is 0 Å². The van der Waals surface area contributed by atoms with Crippen molar-refractivity contribution >= 4 is 5.78 Å². The van der Waals surface area contributed by atoms with E-state index in [1.54, 1.807) is 0 Å². The van der Waals surface area contributed by atoms with Gasteiger partial charge in [0.05, 0.1) is 6.04 Å². The van der Waals surface area contributed by atoms with Gasteiger partial charge >= 0.3 is 0 Å². The summed E-state index contributed by atoms with van der Waals surface area (Å²) in [5, 5.41) is 8.39. The number of carbonyl (C=O) groups excluding carboxylic acids is 1. The highest BCUT2D eigenvalue weighted by Crippen LogP contribution is 1.98. The molecule has 0 spiro atoms. The first kappa shape index (κ1) is 9.59. The molecule has 0 fully saturated rings. The van der Waals surface area contributed by atoms with Gasteiger partial charge in [-0.2, -0.15) is 0 Å². The third-order valence-electron chi connectivity index (χ3n) is 1.45. The lowest BCUT2D eigenvalue weighted by Crippen LogP contribution is -2.27. The van der Waals surface area contributed by atoms with E-state index in [2.05, 4.69) is 0 Å². The molecule has 0 aromatic carbocycles. The first-order valence-corrected chi connectivity index (χ1v) is 3.55. The van der Waals surface area contributed by atoms with Gasteiger partial charge in [0.2, 0.25) is 0 Å². The lowest BCUT2D eigenvalue weighted by Gasteiger charge is -2.04. The Hall–Kier alpha value is -0.410. The quantitative estimate of drug-likeness (QED) is 0.538. The molecule has 0 saturated carbocycles. The lowest BCUT2D eigenvalue weighted by atomic mass is 10.1. The summed E-state index contributed by atoms with van der Waals surface area (Å²) in [7, 11) is 0. The molecule has 3 heteroatoms. The molecule has 0 saturated heterocycles. The number of aliphatic hydroxyl groups excluding tert-OH is 1. The van der Waals surface area contributed by atoms with Crippen molar-refractivity contribution in [3.05, 3.63) is 0 Å². The first-order chi connectivity index (χ1) is 4.68. The molecule has 0 aromatic rings. The molecule has 10 heavy (non-hydrogen) atoms. The van der Waals surface area contributed by atoms with Gasteiger partial charge in [0.1, 0.15) is 5.78 Å². The topological polar surface area (TPSA) is 63.3 Å². The van der Waals surface area contributed by atoms with Crippen LogP contribution in [0.15, 0.2) is 0 Å². The van der Waals surface area contributed by atoms with Crippen LogP contribution < -0.4 is 5.73 Å². The number of hydrogen-bond acceptors (Lipinski definition) is 3. The Morgan fingerprint density at radius 2 is 2.20 bits per heavy atom. The summed E-state index contributed by atoms with van der Waals surface area (Å²) in [6, 6.07) is -0.327. The standard InChI is InChI=1S/C7H15NO2/c1-6(10)7(8)4-2-3-5-9/h7,9H,2-5,8H2,1H3/t7-/m0/s1. The third-order valence-corrected chi connectivity index (χ3v) is 1.45. The number of carbonyl (C=O) groups is 1. The first-order valence-electron chi connectivity index (χ1n) is 3.55. The zero-order valence-electron chi connectivity index (χ0n) is 6.34. The Kier molecular flexibility index (Phi) is 5.16. The van der Waals surface area contributed by atoms with E-state index in [1.165, 1.54) is 6.92 Å². The highest BCUT2D eigenvalue weighted by molar-refractivity contribution is 5.80. The fourth-order valence-corrected chi connectivity index (χ4v) is 0.679. The Labute approximate surface area is 61.2 Å². The molecule has 3 N–H and O–H groups in total. The Balaban J connectivity index is 3.21. The molecule has 0 rings (SSSR count). The predicted molar refractivity (Wildman–Crippen MR) is 39.6 cm³/mol. The van der Waals surface area contributed by atoms with Gasteiger partial charge in [0, 0.05) is 6.61 Å². The van der Waals surface area contributed by atoms with Crippen LogP contribution in [0.4, 0.5) is 0 Å². The van der Waals surface area contributed by atoms with E-state index in [4.69, 9.17) is 10.8 Å². The van der Waals surface area contributed by atoms with Crippen LogP contribution >= 0.6 is 0 Å². The summed E-state index contributed by atoms with van der Waals surface area (Å²) in [6.07, 6.45) is 2.26. The maximum absolute atomic E-state index is 10.6. The minimum absolute atomic E-state index is 0.0259. The van der Waals surface area contributed by atoms with Crippen molar-refractivity contribution in [3.8, 4) is 0 Å². The second kappa shape index (κ2) is 5.38. The zero-order valence-corrected chi connectivity index (χ0v) is 6.34. The van der Waals surface area contributed by atoms with E-state index in [0.29, 0.717) is 6.42 Å². The number of nitrogens with two attached hydrogens (primary N) is 1. The maximum atomic E-state index is 10.6. The maximum Gasteiger partial charge on any atom is 0.146 e. The number of aliphatic hydroxyl groups is 1. The van der Waals surface area contributed by atoms with Crippen LogP contribution in [0.5, 0.6) is 0 Å². The minimum Gasteiger partial charge on any atom is -0.396 e. The van der Waals surface area contributed by atoms with Crippen molar-refractivity contribution in [2.75, 3.05) is 6.61 Å². The number of hydrogen-bond donors (Lipinski definition) is 2. The molecule has 1 atom stereocenters. The van der Waals surface area contributed by atoms with Crippen molar-refractivity contribution in [1.29, 1.82) is 0 Å². The molecule has 0 bridgehead atoms. The van der Waals surface area contributed by atoms with E-state index in [0.717, 1.165) is 12.8 Å². The summed E-state index contributed by atoms with van der Waals surface area (Å²) in [4.78, 5) is 10.6. The zero-order chi connectivity index (χ0) is 7.98. The smallest absolute Gasteiger partial charge is 0.146 e. The molecule has 0 aliphatic carbocycles. The number of rotatable bonds is 5. The van der Waals surface area contributed by atoms with E-state index in [-0.39, 0.29) is 18.4 Å². The molecule has 0 heterocycles. The molecular formula is C7H15NO2. The van der Waals surface area contributed by atoms with Crippen LogP contribution in [-0.2, 0) is 4.79 Å². The van der Waals surface area contributed by atoms with Gasteiger partial charge in [-0.3, -0.25) is 4.79 Å². The van der Waals surface area contributed by atoms with Gasteiger partial charge in [0.15, 0.2) is 0 Å². The van der Waals surface area contributed by atoms with Crippen molar-refractivity contribution < 1.29 is 9.90 Å². The molecule has 0 amide bonds. The molecule has 0 unspecified atom stereocenters. The molecule has 0 aliphatic rings. The second-order valence-corrected chi connectivity index (χ2v) is 2.44. The molecule has 0 aliphatic heterocycles. The van der Waals surface area contributed by atoms with Gasteiger partial charge in [-0.15, -0.1) is 0 Å². The van der Waals surface area contributed by atoms with Crippen molar-refractivity contribution in [3.63, 3.8) is 0 Å². The third kappa shape index (κ3) is 4.47. The predicted octanol–water partition coefficient (Wildman–Crippen LogP) is 0.0653. The molecular weight excluding hydrogens is 130 g/mol. The SMILES string of the molecule is CC(=O)[C@@H](N)CCCCO. The van der Waals surface area contributed by atoms with Gasteiger partial charge < -0.3 is 10.8 Å². The highest BCUT2D eigenvalue weighted by Gasteiger charge is 2.05. The summed E-state index contributed by atoms with van der Waals surface area (Å²) < 4.78 is 0. The van der Waals surface area contributed by atoms with Crippen LogP contribution in [0.25, 0.3) is 0 Å². The molecule has 60 valence electrons. The fourth-order valence-electron chi connectivity index (χ4n) is 0.679. The van der Waals surface area contributed by atoms with Gasteiger partial charge in [-0.1, -0.05) is 0 Å². The van der Waals surface area contributed by atoms with Crippen LogP contribution in [-0.4, -0.2) is 23.5 Å². The average molecular weight is 145 g/mol. The highest BCUT2D eigenvalue weighted by atomic mass is 16.2. The summed E-state index contributed by atoms with van der Waals surface area (Å²) >= 11 is 0. The normalized spacial score (nSPS) is 13.1. The minimum atomic E-state index is -0.327. The van der Waals surface area contributed by atoms with Crippen LogP contribution in [0.1, 0.15) is 26.2 Å². The van der Waals surface area contributed by atoms with E-state index in [1.807, 2.05) is 0 Å². The Morgan fingerprint density at radius 1 is 1.60 bits per heavy atom. The summed E-state index contributed by atoms with van der Waals surface area (Å²) in [5.41, 5.74) is 5.43.